The van der Waals surface area contributed by atoms with E-state index in [4.69, 9.17) is 14.2 Å². The SMILES string of the molecule is CC(=O)Nc1ncnc2c1ncn2[C@@H]1O[C@H](CO)C(O)[C@@H]1OCOCCNC(=O)C(F)(F)F. The average Bonchev–Trinajstić information content (AvgIpc) is 3.31. The second-order valence-corrected chi connectivity index (χ2v) is 6.88. The van der Waals surface area contributed by atoms with Crippen LogP contribution in [0.4, 0.5) is 19.0 Å². The van der Waals surface area contributed by atoms with Gasteiger partial charge in [0, 0.05) is 13.5 Å². The van der Waals surface area contributed by atoms with Crippen molar-refractivity contribution in [3.63, 3.8) is 0 Å². The summed E-state index contributed by atoms with van der Waals surface area (Å²) in [5, 5.41) is 24.1. The molecule has 16 heteroatoms. The third-order valence-electron chi connectivity index (χ3n) is 4.55. The molecule has 2 amide bonds. The van der Waals surface area contributed by atoms with Gasteiger partial charge in [-0.3, -0.25) is 14.2 Å². The van der Waals surface area contributed by atoms with Gasteiger partial charge in [-0.05, 0) is 0 Å². The standard InChI is InChI=1S/C17H21F3N6O7/c1-8(28)25-13-10-14(23-5-22-13)26(6-24-10)15-12(11(29)9(4-27)33-15)32-7-31-3-2-21-16(30)17(18,19)20/h5-6,9,11-12,15,27,29H,2-4,7H2,1H3,(H,21,30)(H,22,23,25,28)/t9-,11?,12+,15-/m1/s1. The fourth-order valence-electron chi connectivity index (χ4n) is 3.09. The van der Waals surface area contributed by atoms with Crippen LogP contribution in [0.15, 0.2) is 12.7 Å². The molecule has 1 unspecified atom stereocenters. The number of carbonyl (C=O) groups is 2. The fourth-order valence-corrected chi connectivity index (χ4v) is 3.09. The highest BCUT2D eigenvalue weighted by Gasteiger charge is 2.46. The van der Waals surface area contributed by atoms with Gasteiger partial charge in [0.25, 0.3) is 0 Å². The second-order valence-electron chi connectivity index (χ2n) is 6.88. The highest BCUT2D eigenvalue weighted by molar-refractivity contribution is 5.95. The summed E-state index contributed by atoms with van der Waals surface area (Å²) in [4.78, 5) is 34.4. The maximum Gasteiger partial charge on any atom is 0.471 e. The number of imidazole rings is 1. The fraction of sp³-hybridized carbons (Fsp3) is 0.588. The van der Waals surface area contributed by atoms with Gasteiger partial charge in [-0.25, -0.2) is 15.0 Å². The number of anilines is 1. The third-order valence-corrected chi connectivity index (χ3v) is 4.55. The second kappa shape index (κ2) is 10.3. The van der Waals surface area contributed by atoms with Gasteiger partial charge in [-0.1, -0.05) is 0 Å². The molecule has 0 saturated carbocycles. The number of aliphatic hydroxyl groups excluding tert-OH is 2. The van der Waals surface area contributed by atoms with Crippen molar-refractivity contribution in [2.75, 3.05) is 31.9 Å². The largest absolute Gasteiger partial charge is 0.471 e. The molecule has 0 radical (unpaired) electrons. The molecule has 4 N–H and O–H groups in total. The topological polar surface area (TPSA) is 170 Å². The first-order valence-electron chi connectivity index (χ1n) is 9.57. The third kappa shape index (κ3) is 5.72. The van der Waals surface area contributed by atoms with E-state index >= 15 is 0 Å². The smallest absolute Gasteiger partial charge is 0.394 e. The number of hydrogen-bond acceptors (Lipinski definition) is 10. The Balaban J connectivity index is 1.66. The Morgan fingerprint density at radius 1 is 1.30 bits per heavy atom. The zero-order valence-electron chi connectivity index (χ0n) is 17.2. The molecule has 0 spiro atoms. The van der Waals surface area contributed by atoms with E-state index in [0.29, 0.717) is 0 Å². The zero-order valence-corrected chi connectivity index (χ0v) is 17.2. The number of amides is 2. The molecule has 1 aliphatic rings. The molecule has 4 atom stereocenters. The monoisotopic (exact) mass is 478 g/mol. The van der Waals surface area contributed by atoms with Crippen LogP contribution >= 0.6 is 0 Å². The van der Waals surface area contributed by atoms with Crippen LogP contribution in [0.5, 0.6) is 0 Å². The van der Waals surface area contributed by atoms with Crippen molar-refractivity contribution in [1.82, 2.24) is 24.8 Å². The van der Waals surface area contributed by atoms with E-state index in [-0.39, 0.29) is 29.5 Å². The number of carbonyl (C=O) groups excluding carboxylic acids is 2. The van der Waals surface area contributed by atoms with Crippen molar-refractivity contribution in [3.05, 3.63) is 12.7 Å². The number of rotatable bonds is 9. The highest BCUT2D eigenvalue weighted by atomic mass is 19.4. The predicted molar refractivity (Wildman–Crippen MR) is 101 cm³/mol. The first kappa shape index (κ1) is 24.7. The van der Waals surface area contributed by atoms with Crippen molar-refractivity contribution in [3.8, 4) is 0 Å². The molecule has 2 aromatic heterocycles. The predicted octanol–water partition coefficient (Wildman–Crippen LogP) is -0.927. The Bertz CT molecular complexity index is 988. The van der Waals surface area contributed by atoms with Crippen molar-refractivity contribution >= 4 is 28.8 Å². The molecule has 0 bridgehead atoms. The van der Waals surface area contributed by atoms with Crippen LogP contribution in [0.1, 0.15) is 13.2 Å². The van der Waals surface area contributed by atoms with Gasteiger partial charge in [0.2, 0.25) is 5.91 Å². The first-order chi connectivity index (χ1) is 15.6. The Kier molecular flexibility index (Phi) is 7.75. The van der Waals surface area contributed by atoms with E-state index in [2.05, 4.69) is 20.3 Å². The molecule has 2 aromatic rings. The Hall–Kier alpha value is -2.92. The Labute approximate surface area is 183 Å². The molecule has 0 aromatic carbocycles. The summed E-state index contributed by atoms with van der Waals surface area (Å²) < 4.78 is 54.1. The van der Waals surface area contributed by atoms with Crippen LogP contribution in [-0.2, 0) is 23.8 Å². The summed E-state index contributed by atoms with van der Waals surface area (Å²) in [5.74, 6) is -2.31. The summed E-state index contributed by atoms with van der Waals surface area (Å²) in [5.41, 5.74) is 0.488. The number of nitrogens with zero attached hydrogens (tertiary/aromatic N) is 4. The maximum atomic E-state index is 12.1. The van der Waals surface area contributed by atoms with Gasteiger partial charge in [0.15, 0.2) is 23.2 Å². The minimum atomic E-state index is -4.99. The van der Waals surface area contributed by atoms with E-state index in [0.717, 1.165) is 0 Å². The number of fused-ring (bicyclic) bond motifs is 1. The summed E-state index contributed by atoms with van der Waals surface area (Å²) >= 11 is 0. The number of alkyl halides is 3. The number of aliphatic hydroxyl groups is 2. The van der Waals surface area contributed by atoms with Crippen molar-refractivity contribution in [2.45, 2.75) is 37.6 Å². The van der Waals surface area contributed by atoms with Crippen LogP contribution in [0, 0.1) is 0 Å². The molecule has 1 saturated heterocycles. The van der Waals surface area contributed by atoms with Gasteiger partial charge in [-0.2, -0.15) is 13.2 Å². The van der Waals surface area contributed by atoms with Gasteiger partial charge >= 0.3 is 12.1 Å². The van der Waals surface area contributed by atoms with Crippen LogP contribution in [-0.4, -0.2) is 92.6 Å². The van der Waals surface area contributed by atoms with E-state index in [1.165, 1.54) is 24.1 Å². The van der Waals surface area contributed by atoms with Crippen LogP contribution < -0.4 is 10.6 Å². The quantitative estimate of drug-likeness (QED) is 0.261. The summed E-state index contributed by atoms with van der Waals surface area (Å²) in [6.07, 6.45) is -6.88. The molecule has 3 rings (SSSR count). The summed E-state index contributed by atoms with van der Waals surface area (Å²) in [7, 11) is 0. The molecule has 182 valence electrons. The minimum Gasteiger partial charge on any atom is -0.394 e. The van der Waals surface area contributed by atoms with Gasteiger partial charge in [0.1, 0.15) is 31.4 Å². The lowest BCUT2D eigenvalue weighted by molar-refractivity contribution is -0.174. The number of aromatic nitrogens is 4. The lowest BCUT2D eigenvalue weighted by Gasteiger charge is -2.22. The highest BCUT2D eigenvalue weighted by Crippen LogP contribution is 2.34. The Morgan fingerprint density at radius 3 is 2.73 bits per heavy atom. The van der Waals surface area contributed by atoms with Crippen molar-refractivity contribution in [1.29, 1.82) is 0 Å². The van der Waals surface area contributed by atoms with Gasteiger partial charge in [-0.15, -0.1) is 0 Å². The Morgan fingerprint density at radius 2 is 2.06 bits per heavy atom. The molecular formula is C17H21F3N6O7. The number of nitrogens with one attached hydrogen (secondary N) is 2. The maximum absolute atomic E-state index is 12.1. The number of hydrogen-bond donors (Lipinski definition) is 4. The normalized spacial score (nSPS) is 23.1. The lowest BCUT2D eigenvalue weighted by atomic mass is 10.1. The zero-order chi connectivity index (χ0) is 24.2. The molecular weight excluding hydrogens is 457 g/mol. The minimum absolute atomic E-state index is 0.158. The van der Waals surface area contributed by atoms with Gasteiger partial charge < -0.3 is 35.1 Å². The van der Waals surface area contributed by atoms with Gasteiger partial charge in [0.05, 0.1) is 19.5 Å². The molecule has 0 aliphatic carbocycles. The van der Waals surface area contributed by atoms with E-state index < -0.39 is 56.6 Å². The van der Waals surface area contributed by atoms with E-state index in [9.17, 15) is 33.0 Å². The lowest BCUT2D eigenvalue weighted by Crippen LogP contribution is -2.39. The number of ether oxygens (including phenoxy) is 3. The van der Waals surface area contributed by atoms with E-state index in [1.54, 1.807) is 5.32 Å². The molecule has 1 aliphatic heterocycles. The van der Waals surface area contributed by atoms with E-state index in [1.807, 2.05) is 0 Å². The van der Waals surface area contributed by atoms with Crippen LogP contribution in [0.2, 0.25) is 0 Å². The number of halogens is 3. The van der Waals surface area contributed by atoms with Crippen LogP contribution in [0.25, 0.3) is 11.2 Å². The molecule has 13 nitrogen and oxygen atoms in total. The van der Waals surface area contributed by atoms with Crippen molar-refractivity contribution < 1.29 is 47.2 Å². The van der Waals surface area contributed by atoms with Crippen molar-refractivity contribution in [2.24, 2.45) is 0 Å². The summed E-state index contributed by atoms with van der Waals surface area (Å²) in [6.45, 7) is -0.392. The molecule has 1 fully saturated rings. The van der Waals surface area contributed by atoms with Crippen LogP contribution in [0.3, 0.4) is 0 Å². The molecule has 3 heterocycles. The summed E-state index contributed by atoms with van der Waals surface area (Å²) in [6, 6.07) is 0. The average molecular weight is 478 g/mol. The molecule has 33 heavy (non-hydrogen) atoms. The first-order valence-corrected chi connectivity index (χ1v) is 9.57.